The Balaban J connectivity index is 1.48. The van der Waals surface area contributed by atoms with Crippen LogP contribution in [0.1, 0.15) is 49.2 Å². The van der Waals surface area contributed by atoms with Gasteiger partial charge in [-0.1, -0.05) is 24.3 Å². The van der Waals surface area contributed by atoms with Crippen molar-refractivity contribution >= 4 is 23.2 Å². The lowest BCUT2D eigenvalue weighted by atomic mass is 10.0. The van der Waals surface area contributed by atoms with Crippen LogP contribution in [-0.4, -0.2) is 56.9 Å². The van der Waals surface area contributed by atoms with E-state index in [0.29, 0.717) is 41.9 Å². The summed E-state index contributed by atoms with van der Waals surface area (Å²) >= 11 is 0. The smallest absolute Gasteiger partial charge is 0.410 e. The molecule has 39 heavy (non-hydrogen) atoms. The van der Waals surface area contributed by atoms with Crippen molar-refractivity contribution in [2.45, 2.75) is 45.8 Å². The normalized spacial score (nSPS) is 15.5. The number of fused-ring (bicyclic) bond motifs is 1. The van der Waals surface area contributed by atoms with Crippen LogP contribution in [0.25, 0.3) is 28.0 Å². The SMILES string of the molecule is COC(=O)c1ccc(-c2ccc(-n3c(=O)n([C@H]4CCN(C(=O)OC(C)(C)C)C4)c4ncc(C)cc43)cc2)cc1. The third-order valence-corrected chi connectivity index (χ3v) is 6.80. The summed E-state index contributed by atoms with van der Waals surface area (Å²) in [6.45, 7) is 8.35. The largest absolute Gasteiger partial charge is 0.465 e. The highest BCUT2D eigenvalue weighted by Crippen LogP contribution is 2.28. The quantitative estimate of drug-likeness (QED) is 0.341. The molecule has 5 rings (SSSR count). The standard InChI is InChI=1S/C30H32N4O5/c1-19-16-25-26(31-17-19)34(24-14-15-32(18-24)29(37)39-30(2,3)4)28(36)33(25)23-12-10-21(11-13-23)20-6-8-22(9-7-20)27(35)38-5/h6-13,16-17,24H,14-15,18H2,1-5H3/t24-/m0/s1. The molecule has 2 aromatic carbocycles. The zero-order valence-corrected chi connectivity index (χ0v) is 22.8. The number of esters is 1. The monoisotopic (exact) mass is 528 g/mol. The number of methoxy groups -OCH3 is 1. The van der Waals surface area contributed by atoms with Crippen LogP contribution in [0.15, 0.2) is 65.6 Å². The predicted molar refractivity (Wildman–Crippen MR) is 148 cm³/mol. The minimum atomic E-state index is -0.587. The van der Waals surface area contributed by atoms with Gasteiger partial charge in [0.25, 0.3) is 0 Å². The average molecular weight is 529 g/mol. The summed E-state index contributed by atoms with van der Waals surface area (Å²) in [5, 5.41) is 0. The summed E-state index contributed by atoms with van der Waals surface area (Å²) in [5.74, 6) is -0.381. The van der Waals surface area contributed by atoms with Crippen molar-refractivity contribution in [1.29, 1.82) is 0 Å². The molecule has 9 heteroatoms. The lowest BCUT2D eigenvalue weighted by Crippen LogP contribution is -2.36. The lowest BCUT2D eigenvalue weighted by molar-refractivity contribution is 0.0288. The Kier molecular flexibility index (Phi) is 6.76. The number of aryl methyl sites for hydroxylation is 1. The minimum absolute atomic E-state index is 0.200. The van der Waals surface area contributed by atoms with Gasteiger partial charge in [0, 0.05) is 19.3 Å². The van der Waals surface area contributed by atoms with Crippen LogP contribution in [0.5, 0.6) is 0 Å². The summed E-state index contributed by atoms with van der Waals surface area (Å²) < 4.78 is 13.7. The molecule has 0 unspecified atom stereocenters. The van der Waals surface area contributed by atoms with Gasteiger partial charge in [0.2, 0.25) is 0 Å². The van der Waals surface area contributed by atoms with Gasteiger partial charge in [-0.3, -0.25) is 9.13 Å². The summed E-state index contributed by atoms with van der Waals surface area (Å²) in [6, 6.07) is 16.6. The lowest BCUT2D eigenvalue weighted by Gasteiger charge is -2.24. The Bertz CT molecular complexity index is 1590. The van der Waals surface area contributed by atoms with Gasteiger partial charge < -0.3 is 14.4 Å². The van der Waals surface area contributed by atoms with Gasteiger partial charge in [0.1, 0.15) is 5.60 Å². The molecule has 2 aromatic heterocycles. The van der Waals surface area contributed by atoms with E-state index in [1.165, 1.54) is 7.11 Å². The molecule has 3 heterocycles. The molecule has 0 bridgehead atoms. The molecule has 1 saturated heterocycles. The number of ether oxygens (including phenoxy) is 2. The number of amides is 1. The van der Waals surface area contributed by atoms with E-state index in [1.807, 2.05) is 70.2 Å². The average Bonchev–Trinajstić information content (AvgIpc) is 3.49. The van der Waals surface area contributed by atoms with Crippen molar-refractivity contribution in [3.05, 3.63) is 82.4 Å². The van der Waals surface area contributed by atoms with Crippen molar-refractivity contribution in [2.75, 3.05) is 20.2 Å². The van der Waals surface area contributed by atoms with Crippen LogP contribution >= 0.6 is 0 Å². The second kappa shape index (κ2) is 10.1. The Morgan fingerprint density at radius 2 is 1.64 bits per heavy atom. The third-order valence-electron chi connectivity index (χ3n) is 6.80. The molecule has 0 spiro atoms. The van der Waals surface area contributed by atoms with E-state index in [0.717, 1.165) is 16.7 Å². The number of carbonyl (C=O) groups is 2. The molecule has 1 amide bonds. The second-order valence-corrected chi connectivity index (χ2v) is 10.8. The van der Waals surface area contributed by atoms with Gasteiger partial charge in [-0.2, -0.15) is 0 Å². The van der Waals surface area contributed by atoms with Gasteiger partial charge >= 0.3 is 17.8 Å². The van der Waals surface area contributed by atoms with Crippen LogP contribution < -0.4 is 5.69 Å². The third kappa shape index (κ3) is 5.16. The van der Waals surface area contributed by atoms with Gasteiger partial charge in [0.05, 0.1) is 29.9 Å². The number of nitrogens with zero attached hydrogens (tertiary/aromatic N) is 4. The van der Waals surface area contributed by atoms with Crippen molar-refractivity contribution in [3.63, 3.8) is 0 Å². The number of hydrogen-bond acceptors (Lipinski definition) is 6. The number of rotatable bonds is 4. The van der Waals surface area contributed by atoms with E-state index in [4.69, 9.17) is 9.47 Å². The van der Waals surface area contributed by atoms with Gasteiger partial charge in [-0.25, -0.2) is 19.4 Å². The molecule has 9 nitrogen and oxygen atoms in total. The highest BCUT2D eigenvalue weighted by atomic mass is 16.6. The van der Waals surface area contributed by atoms with E-state index in [1.54, 1.807) is 32.4 Å². The number of hydrogen-bond donors (Lipinski definition) is 0. The molecule has 1 aliphatic rings. The van der Waals surface area contributed by atoms with Gasteiger partial charge in [-0.15, -0.1) is 0 Å². The zero-order chi connectivity index (χ0) is 27.9. The summed E-state index contributed by atoms with van der Waals surface area (Å²) in [5.41, 5.74) is 4.54. The van der Waals surface area contributed by atoms with Crippen LogP contribution in [0.2, 0.25) is 0 Å². The Labute approximate surface area is 226 Å². The number of aromatic nitrogens is 3. The fourth-order valence-electron chi connectivity index (χ4n) is 4.94. The van der Waals surface area contributed by atoms with Crippen LogP contribution in [-0.2, 0) is 9.47 Å². The van der Waals surface area contributed by atoms with Crippen molar-refractivity contribution < 1.29 is 19.1 Å². The first-order valence-corrected chi connectivity index (χ1v) is 12.9. The Hall–Kier alpha value is -4.40. The first-order chi connectivity index (χ1) is 18.6. The fourth-order valence-corrected chi connectivity index (χ4v) is 4.94. The highest BCUT2D eigenvalue weighted by molar-refractivity contribution is 5.90. The topological polar surface area (TPSA) is 95.7 Å². The first kappa shape index (κ1) is 26.2. The van der Waals surface area contributed by atoms with Crippen molar-refractivity contribution in [2.24, 2.45) is 0 Å². The maximum absolute atomic E-state index is 13.9. The molecule has 1 fully saturated rings. The van der Waals surface area contributed by atoms with Crippen LogP contribution in [0.3, 0.4) is 0 Å². The summed E-state index contributed by atoms with van der Waals surface area (Å²) in [7, 11) is 1.36. The van der Waals surface area contributed by atoms with E-state index in [9.17, 15) is 14.4 Å². The maximum atomic E-state index is 13.9. The number of imidazole rings is 1. The molecular formula is C30H32N4O5. The second-order valence-electron chi connectivity index (χ2n) is 10.8. The van der Waals surface area contributed by atoms with E-state index < -0.39 is 5.60 Å². The molecule has 1 aliphatic heterocycles. The molecule has 0 saturated carbocycles. The number of pyridine rings is 1. The molecule has 1 atom stereocenters. The zero-order valence-electron chi connectivity index (χ0n) is 22.8. The van der Waals surface area contributed by atoms with E-state index >= 15 is 0 Å². The summed E-state index contributed by atoms with van der Waals surface area (Å²) in [4.78, 5) is 44.6. The number of carbonyl (C=O) groups excluding carboxylic acids is 2. The molecule has 4 aromatic rings. The first-order valence-electron chi connectivity index (χ1n) is 12.9. The van der Waals surface area contributed by atoms with Crippen LogP contribution in [0.4, 0.5) is 4.79 Å². The number of benzene rings is 2. The van der Waals surface area contributed by atoms with Gasteiger partial charge in [-0.05, 0) is 81.1 Å². The molecule has 0 aliphatic carbocycles. The van der Waals surface area contributed by atoms with E-state index in [2.05, 4.69) is 4.98 Å². The van der Waals surface area contributed by atoms with Crippen LogP contribution in [0, 0.1) is 6.92 Å². The van der Waals surface area contributed by atoms with Crippen molar-refractivity contribution in [1.82, 2.24) is 19.0 Å². The molecule has 0 N–H and O–H groups in total. The molecule has 202 valence electrons. The minimum Gasteiger partial charge on any atom is -0.465 e. The number of likely N-dealkylation sites (tertiary alicyclic amines) is 1. The predicted octanol–water partition coefficient (Wildman–Crippen LogP) is 5.13. The fraction of sp³-hybridized carbons (Fsp3) is 0.333. The van der Waals surface area contributed by atoms with E-state index in [-0.39, 0.29) is 23.8 Å². The Morgan fingerprint density at radius 1 is 1.00 bits per heavy atom. The van der Waals surface area contributed by atoms with Gasteiger partial charge in [0.15, 0.2) is 5.65 Å². The molecule has 0 radical (unpaired) electrons. The Morgan fingerprint density at radius 3 is 2.26 bits per heavy atom. The highest BCUT2D eigenvalue weighted by Gasteiger charge is 2.33. The van der Waals surface area contributed by atoms with Crippen molar-refractivity contribution in [3.8, 4) is 16.8 Å². The maximum Gasteiger partial charge on any atom is 0.410 e. The molecular weight excluding hydrogens is 496 g/mol. The summed E-state index contributed by atoms with van der Waals surface area (Å²) in [6.07, 6.45) is 2.01.